The van der Waals surface area contributed by atoms with Crippen molar-refractivity contribution in [2.75, 3.05) is 4.90 Å². The van der Waals surface area contributed by atoms with E-state index in [0.29, 0.717) is 23.2 Å². The van der Waals surface area contributed by atoms with Gasteiger partial charge in [0, 0.05) is 17.3 Å². The smallest absolute Gasteiger partial charge is 0.404 e. The Hall–Kier alpha value is -4.77. The van der Waals surface area contributed by atoms with Crippen LogP contribution in [-0.2, 0) is 25.5 Å². The third-order valence-electron chi connectivity index (χ3n) is 6.51. The summed E-state index contributed by atoms with van der Waals surface area (Å²) in [5, 5.41) is 5.42. The van der Waals surface area contributed by atoms with Crippen LogP contribution in [0.15, 0.2) is 84.9 Å². The molecule has 4 amide bonds. The summed E-state index contributed by atoms with van der Waals surface area (Å²) in [6.07, 6.45) is 3.01. The average Bonchev–Trinajstić information content (AvgIpc) is 2.98. The van der Waals surface area contributed by atoms with Crippen LogP contribution in [0.25, 0.3) is 6.08 Å². The molecule has 45 heavy (non-hydrogen) atoms. The van der Waals surface area contributed by atoms with Crippen molar-refractivity contribution in [3.05, 3.63) is 102 Å². The zero-order valence-electron chi connectivity index (χ0n) is 25.1. The molecule has 0 aliphatic rings. The van der Waals surface area contributed by atoms with E-state index in [1.165, 1.54) is 53.5 Å². The molecule has 0 aliphatic heterocycles. The van der Waals surface area contributed by atoms with Crippen molar-refractivity contribution in [3.8, 4) is 5.75 Å². The van der Waals surface area contributed by atoms with Gasteiger partial charge in [-0.3, -0.25) is 29.0 Å². The Morgan fingerprint density at radius 1 is 0.911 bits per heavy atom. The Kier molecular flexibility index (Phi) is 12.2. The van der Waals surface area contributed by atoms with Crippen molar-refractivity contribution in [3.63, 3.8) is 0 Å². The zero-order chi connectivity index (χ0) is 33.1. The summed E-state index contributed by atoms with van der Waals surface area (Å²) in [6, 6.07) is 19.4. The molecular formula is C32H37N4O8P. The highest BCUT2D eigenvalue weighted by atomic mass is 31.2. The Morgan fingerprint density at radius 3 is 2.09 bits per heavy atom. The molecule has 0 aliphatic carbocycles. The quantitative estimate of drug-likeness (QED) is 0.131. The van der Waals surface area contributed by atoms with Crippen LogP contribution in [0.5, 0.6) is 5.75 Å². The van der Waals surface area contributed by atoms with E-state index in [0.717, 1.165) is 5.56 Å². The molecule has 0 radical (unpaired) electrons. The highest BCUT2D eigenvalue weighted by Crippen LogP contribution is 2.37. The molecule has 3 aromatic carbocycles. The monoisotopic (exact) mass is 636 g/mol. The Labute approximate surface area is 261 Å². The molecule has 6 N–H and O–H groups in total. The molecule has 238 valence electrons. The molecule has 3 rings (SSSR count). The van der Waals surface area contributed by atoms with Gasteiger partial charge in [0.2, 0.25) is 23.6 Å². The molecule has 0 bridgehead atoms. The normalized spacial score (nSPS) is 12.8. The molecule has 0 unspecified atom stereocenters. The number of hydrogen-bond acceptors (Lipinski definition) is 6. The minimum absolute atomic E-state index is 0.0349. The summed E-state index contributed by atoms with van der Waals surface area (Å²) < 4.78 is 15.5. The average molecular weight is 637 g/mol. The minimum atomic E-state index is -4.69. The fourth-order valence-corrected chi connectivity index (χ4v) is 4.75. The first kappa shape index (κ1) is 34.7. The number of carbonyl (C=O) groups excluding carboxylic acids is 4. The van der Waals surface area contributed by atoms with Crippen molar-refractivity contribution < 1.29 is 38.1 Å². The number of nitrogens with one attached hydrogen (secondary N) is 2. The molecule has 0 aromatic heterocycles. The van der Waals surface area contributed by atoms with E-state index in [1.54, 1.807) is 19.1 Å². The Bertz CT molecular complexity index is 1550. The lowest BCUT2D eigenvalue weighted by Gasteiger charge is -2.28. The number of carbonyl (C=O) groups is 4. The van der Waals surface area contributed by atoms with E-state index in [9.17, 15) is 23.7 Å². The van der Waals surface area contributed by atoms with E-state index in [-0.39, 0.29) is 18.2 Å². The van der Waals surface area contributed by atoms with Gasteiger partial charge in [-0.25, -0.2) is 4.57 Å². The number of amides is 4. The first-order chi connectivity index (χ1) is 21.2. The molecule has 2 atom stereocenters. The maximum atomic E-state index is 13.7. The zero-order valence-corrected chi connectivity index (χ0v) is 26.0. The lowest BCUT2D eigenvalue weighted by molar-refractivity contribution is -0.130. The third kappa shape index (κ3) is 11.3. The van der Waals surface area contributed by atoms with Crippen molar-refractivity contribution in [2.45, 2.75) is 45.8 Å². The van der Waals surface area contributed by atoms with Crippen LogP contribution >= 0.6 is 7.82 Å². The van der Waals surface area contributed by atoms with Gasteiger partial charge < -0.3 is 25.8 Å². The highest BCUT2D eigenvalue weighted by Gasteiger charge is 2.28. The number of primary amides is 1. The summed E-state index contributed by atoms with van der Waals surface area (Å²) in [5.74, 6) is -2.08. The summed E-state index contributed by atoms with van der Waals surface area (Å²) in [6.45, 7) is 5.56. The first-order valence-electron chi connectivity index (χ1n) is 14.1. The Morgan fingerprint density at radius 2 is 1.53 bits per heavy atom. The third-order valence-corrected chi connectivity index (χ3v) is 6.96. The number of rotatable bonds is 14. The molecule has 0 saturated carbocycles. The van der Waals surface area contributed by atoms with E-state index in [4.69, 9.17) is 15.5 Å². The lowest BCUT2D eigenvalue weighted by Crippen LogP contribution is -2.53. The first-order valence-corrected chi connectivity index (χ1v) is 15.6. The van der Waals surface area contributed by atoms with Crippen LogP contribution in [-0.4, -0.2) is 45.5 Å². The molecular weight excluding hydrogens is 599 g/mol. The predicted octanol–water partition coefficient (Wildman–Crippen LogP) is 3.54. The topological polar surface area (TPSA) is 188 Å². The van der Waals surface area contributed by atoms with Crippen molar-refractivity contribution in [1.29, 1.82) is 0 Å². The van der Waals surface area contributed by atoms with Gasteiger partial charge in [0.15, 0.2) is 0 Å². The van der Waals surface area contributed by atoms with Crippen LogP contribution < -0.4 is 25.8 Å². The maximum Gasteiger partial charge on any atom is 0.524 e. The van der Waals surface area contributed by atoms with Gasteiger partial charge in [0.25, 0.3) is 0 Å². The number of nitrogens with two attached hydrogens (primary N) is 1. The van der Waals surface area contributed by atoms with Crippen LogP contribution in [0.4, 0.5) is 5.69 Å². The van der Waals surface area contributed by atoms with E-state index in [2.05, 4.69) is 15.2 Å². The fraction of sp³-hybridized carbons (Fsp3) is 0.250. The van der Waals surface area contributed by atoms with Gasteiger partial charge in [0.05, 0.1) is 6.54 Å². The van der Waals surface area contributed by atoms with Crippen molar-refractivity contribution >= 4 is 43.2 Å². The van der Waals surface area contributed by atoms with E-state index >= 15 is 0 Å². The summed E-state index contributed by atoms with van der Waals surface area (Å²) in [5.41, 5.74) is 7.57. The lowest BCUT2D eigenvalue weighted by atomic mass is 10.0. The summed E-state index contributed by atoms with van der Waals surface area (Å²) in [7, 11) is -4.69. The molecule has 12 nitrogen and oxygen atoms in total. The molecule has 3 aromatic rings. The van der Waals surface area contributed by atoms with Gasteiger partial charge in [-0.1, -0.05) is 56.3 Å². The number of benzene rings is 3. The number of phosphoric acid groups is 1. The standard InChI is InChI=1S/C32H37N4O8P/c1-21(2)19-28(35-29(37)18-11-23-9-16-27(17-10-23)44-45(41,42)43)31(39)34-22(3)32(40)36(20-24-7-5-4-6-8-24)26-14-12-25(13-15-26)30(33)38/h4-18,21-22,28H,19-20H2,1-3H3,(H2,33,38)(H,34,39)(H,35,37)(H2,41,42,43)/b18-11+/t22-,28-/m0/s1. The van der Waals surface area contributed by atoms with Crippen LogP contribution in [0.2, 0.25) is 0 Å². The van der Waals surface area contributed by atoms with Crippen LogP contribution in [0, 0.1) is 5.92 Å². The predicted molar refractivity (Wildman–Crippen MR) is 170 cm³/mol. The second-order valence-electron chi connectivity index (χ2n) is 10.7. The van der Waals surface area contributed by atoms with Gasteiger partial charge >= 0.3 is 7.82 Å². The van der Waals surface area contributed by atoms with E-state index in [1.807, 2.05) is 44.2 Å². The molecule has 13 heteroatoms. The van der Waals surface area contributed by atoms with Gasteiger partial charge in [-0.2, -0.15) is 0 Å². The number of phosphoric ester groups is 1. The molecule has 0 saturated heterocycles. The summed E-state index contributed by atoms with van der Waals surface area (Å²) >= 11 is 0. The van der Waals surface area contributed by atoms with Gasteiger partial charge in [-0.05, 0) is 72.9 Å². The molecule has 0 spiro atoms. The molecule has 0 fully saturated rings. The van der Waals surface area contributed by atoms with Gasteiger partial charge in [-0.15, -0.1) is 0 Å². The van der Waals surface area contributed by atoms with Crippen molar-refractivity contribution in [2.24, 2.45) is 11.7 Å². The van der Waals surface area contributed by atoms with Crippen molar-refractivity contribution in [1.82, 2.24) is 10.6 Å². The van der Waals surface area contributed by atoms with Crippen LogP contribution in [0.3, 0.4) is 0 Å². The second kappa shape index (κ2) is 15.8. The Balaban J connectivity index is 1.71. The summed E-state index contributed by atoms with van der Waals surface area (Å²) in [4.78, 5) is 70.7. The fourth-order valence-electron chi connectivity index (χ4n) is 4.35. The van der Waals surface area contributed by atoms with E-state index < -0.39 is 43.5 Å². The maximum absolute atomic E-state index is 13.7. The minimum Gasteiger partial charge on any atom is -0.404 e. The SMILES string of the molecule is CC(C)C[C@H](NC(=O)/C=C/c1ccc(OP(=O)(O)O)cc1)C(=O)N[C@@H](C)C(=O)N(Cc1ccccc1)c1ccc(C(N)=O)cc1. The largest absolute Gasteiger partial charge is 0.524 e. The van der Waals surface area contributed by atoms with Gasteiger partial charge in [0.1, 0.15) is 17.8 Å². The van der Waals surface area contributed by atoms with Crippen LogP contribution in [0.1, 0.15) is 48.7 Å². The number of anilines is 1. The second-order valence-corrected chi connectivity index (χ2v) is 11.9. The highest BCUT2D eigenvalue weighted by molar-refractivity contribution is 7.46. The molecule has 0 heterocycles. The number of nitrogens with zero attached hydrogens (tertiary/aromatic N) is 1. The number of hydrogen-bond donors (Lipinski definition) is 5.